The summed E-state index contributed by atoms with van der Waals surface area (Å²) < 4.78 is 5.06. The zero-order valence-electron chi connectivity index (χ0n) is 12.8. The summed E-state index contributed by atoms with van der Waals surface area (Å²) in [5, 5.41) is 5.36. The zero-order valence-corrected chi connectivity index (χ0v) is 12.8. The van der Waals surface area contributed by atoms with Gasteiger partial charge in [-0.05, 0) is 11.1 Å². The molecule has 0 aliphatic rings. The average molecular weight is 312 g/mol. The molecule has 0 spiro atoms. The van der Waals surface area contributed by atoms with Gasteiger partial charge >= 0.3 is 6.09 Å². The lowest BCUT2D eigenvalue weighted by molar-refractivity contribution is -0.121. The highest BCUT2D eigenvalue weighted by Crippen LogP contribution is 2.00. The Hall–Kier alpha value is -2.82. The van der Waals surface area contributed by atoms with Crippen molar-refractivity contribution < 1.29 is 14.3 Å². The summed E-state index contributed by atoms with van der Waals surface area (Å²) in [6.45, 7) is 0.944. The first-order chi connectivity index (χ1) is 11.2. The molecule has 2 aromatic carbocycles. The molecule has 0 radical (unpaired) electrons. The van der Waals surface area contributed by atoms with Crippen LogP contribution in [0.3, 0.4) is 0 Å². The summed E-state index contributed by atoms with van der Waals surface area (Å²) >= 11 is 0. The monoisotopic (exact) mass is 312 g/mol. The maximum atomic E-state index is 11.7. The number of ether oxygens (including phenoxy) is 1. The zero-order chi connectivity index (χ0) is 16.3. The van der Waals surface area contributed by atoms with E-state index in [1.54, 1.807) is 0 Å². The number of hydrogen-bond acceptors (Lipinski definition) is 3. The Morgan fingerprint density at radius 1 is 0.826 bits per heavy atom. The van der Waals surface area contributed by atoms with E-state index in [1.165, 1.54) is 0 Å². The van der Waals surface area contributed by atoms with Crippen LogP contribution in [0.25, 0.3) is 0 Å². The molecule has 0 atom stereocenters. The molecule has 0 fully saturated rings. The number of benzene rings is 2. The van der Waals surface area contributed by atoms with Crippen LogP contribution in [0.4, 0.5) is 4.79 Å². The van der Waals surface area contributed by atoms with Gasteiger partial charge in [0.15, 0.2) is 0 Å². The predicted octanol–water partition coefficient (Wildman–Crippen LogP) is 2.62. The quantitative estimate of drug-likeness (QED) is 0.826. The van der Waals surface area contributed by atoms with E-state index in [-0.39, 0.29) is 25.5 Å². The number of nitrogens with one attached hydrogen (secondary N) is 2. The normalized spacial score (nSPS) is 9.91. The predicted molar refractivity (Wildman–Crippen MR) is 87.5 cm³/mol. The summed E-state index contributed by atoms with van der Waals surface area (Å²) in [5.74, 6) is -0.114. The van der Waals surface area contributed by atoms with Gasteiger partial charge in [0.25, 0.3) is 0 Å². The van der Waals surface area contributed by atoms with Crippen molar-refractivity contribution in [3.63, 3.8) is 0 Å². The van der Waals surface area contributed by atoms with Gasteiger partial charge in [0.1, 0.15) is 6.61 Å². The second kappa shape index (κ2) is 9.25. The van der Waals surface area contributed by atoms with Crippen LogP contribution in [0, 0.1) is 0 Å². The molecule has 0 saturated heterocycles. The van der Waals surface area contributed by atoms with E-state index in [9.17, 15) is 9.59 Å². The van der Waals surface area contributed by atoms with Crippen molar-refractivity contribution in [2.24, 2.45) is 0 Å². The van der Waals surface area contributed by atoms with Gasteiger partial charge in [0, 0.05) is 19.5 Å². The van der Waals surface area contributed by atoms with Crippen LogP contribution in [0.1, 0.15) is 17.5 Å². The number of rotatable bonds is 7. The first kappa shape index (κ1) is 16.5. The maximum absolute atomic E-state index is 11.7. The topological polar surface area (TPSA) is 67.4 Å². The van der Waals surface area contributed by atoms with Crippen molar-refractivity contribution in [2.45, 2.75) is 19.6 Å². The van der Waals surface area contributed by atoms with Gasteiger partial charge in [-0.3, -0.25) is 4.79 Å². The Morgan fingerprint density at radius 3 is 2.09 bits per heavy atom. The van der Waals surface area contributed by atoms with Gasteiger partial charge in [0.2, 0.25) is 5.91 Å². The van der Waals surface area contributed by atoms with E-state index in [4.69, 9.17) is 4.74 Å². The van der Waals surface area contributed by atoms with Crippen LogP contribution in [0.2, 0.25) is 0 Å². The Bertz CT molecular complexity index is 559. The van der Waals surface area contributed by atoms with Gasteiger partial charge in [-0.2, -0.15) is 0 Å². The molecule has 2 aromatic rings. The highest BCUT2D eigenvalue weighted by atomic mass is 16.5. The summed E-state index contributed by atoms with van der Waals surface area (Å²) in [6.07, 6.45) is -0.308. The minimum Gasteiger partial charge on any atom is -0.445 e. The van der Waals surface area contributed by atoms with Crippen molar-refractivity contribution in [3.8, 4) is 0 Å². The second-order valence-corrected chi connectivity index (χ2v) is 5.00. The van der Waals surface area contributed by atoms with E-state index >= 15 is 0 Å². The maximum Gasteiger partial charge on any atom is 0.407 e. The molecule has 2 rings (SSSR count). The van der Waals surface area contributed by atoms with Crippen LogP contribution in [-0.2, 0) is 22.7 Å². The fourth-order valence-electron chi connectivity index (χ4n) is 1.94. The van der Waals surface area contributed by atoms with Crippen molar-refractivity contribution in [3.05, 3.63) is 71.8 Å². The minimum absolute atomic E-state index is 0.114. The van der Waals surface area contributed by atoms with Crippen LogP contribution in [-0.4, -0.2) is 18.5 Å². The van der Waals surface area contributed by atoms with Crippen LogP contribution >= 0.6 is 0 Å². The smallest absolute Gasteiger partial charge is 0.407 e. The largest absolute Gasteiger partial charge is 0.445 e. The fourth-order valence-corrected chi connectivity index (χ4v) is 1.94. The molecular formula is C18H20N2O3. The van der Waals surface area contributed by atoms with Gasteiger partial charge in [-0.25, -0.2) is 4.79 Å². The molecule has 5 heteroatoms. The summed E-state index contributed by atoms with van der Waals surface area (Å²) in [7, 11) is 0. The minimum atomic E-state index is -0.523. The Balaban J connectivity index is 1.57. The van der Waals surface area contributed by atoms with Gasteiger partial charge in [-0.1, -0.05) is 60.7 Å². The van der Waals surface area contributed by atoms with Crippen LogP contribution in [0.15, 0.2) is 60.7 Å². The lowest BCUT2D eigenvalue weighted by Crippen LogP contribution is -2.30. The first-order valence-electron chi connectivity index (χ1n) is 7.49. The summed E-state index contributed by atoms with van der Waals surface area (Å²) in [5.41, 5.74) is 1.96. The lowest BCUT2D eigenvalue weighted by atomic mass is 10.2. The molecule has 0 aliphatic heterocycles. The number of carbonyl (C=O) groups excluding carboxylic acids is 2. The Morgan fingerprint density at radius 2 is 1.43 bits per heavy atom. The molecule has 0 saturated carbocycles. The number of alkyl carbamates (subject to hydrolysis) is 1. The van der Waals surface area contributed by atoms with E-state index in [0.29, 0.717) is 6.54 Å². The van der Waals surface area contributed by atoms with Crippen molar-refractivity contribution in [2.75, 3.05) is 6.54 Å². The van der Waals surface area contributed by atoms with Crippen molar-refractivity contribution in [1.29, 1.82) is 0 Å². The molecule has 0 aromatic heterocycles. The van der Waals surface area contributed by atoms with Crippen molar-refractivity contribution in [1.82, 2.24) is 10.6 Å². The molecule has 0 unspecified atom stereocenters. The number of hydrogen-bond donors (Lipinski definition) is 2. The first-order valence-corrected chi connectivity index (χ1v) is 7.49. The molecule has 0 bridgehead atoms. The number of amides is 2. The SMILES string of the molecule is O=C(CCNC(=O)OCc1ccccc1)NCc1ccccc1. The van der Waals surface area contributed by atoms with E-state index in [1.807, 2.05) is 60.7 Å². The molecule has 23 heavy (non-hydrogen) atoms. The highest BCUT2D eigenvalue weighted by molar-refractivity contribution is 5.77. The highest BCUT2D eigenvalue weighted by Gasteiger charge is 2.05. The molecule has 120 valence electrons. The fraction of sp³-hybridized carbons (Fsp3) is 0.222. The third-order valence-corrected chi connectivity index (χ3v) is 3.17. The van der Waals surface area contributed by atoms with Gasteiger partial charge < -0.3 is 15.4 Å². The van der Waals surface area contributed by atoms with E-state index in [2.05, 4.69) is 10.6 Å². The van der Waals surface area contributed by atoms with Gasteiger partial charge in [-0.15, -0.1) is 0 Å². The van der Waals surface area contributed by atoms with Gasteiger partial charge in [0.05, 0.1) is 0 Å². The summed E-state index contributed by atoms with van der Waals surface area (Å²) in [4.78, 5) is 23.2. The third-order valence-electron chi connectivity index (χ3n) is 3.17. The number of carbonyl (C=O) groups is 2. The summed E-state index contributed by atoms with van der Waals surface area (Å²) in [6, 6.07) is 19.1. The second-order valence-electron chi connectivity index (χ2n) is 5.00. The molecule has 2 N–H and O–H groups in total. The molecular weight excluding hydrogens is 292 g/mol. The third kappa shape index (κ3) is 6.65. The van der Waals surface area contributed by atoms with Crippen molar-refractivity contribution >= 4 is 12.0 Å². The van der Waals surface area contributed by atoms with E-state index < -0.39 is 6.09 Å². The standard InChI is InChI=1S/C18H20N2O3/c21-17(20-13-15-7-3-1-4-8-15)11-12-19-18(22)23-14-16-9-5-2-6-10-16/h1-10H,11-14H2,(H,19,22)(H,20,21). The van der Waals surface area contributed by atoms with E-state index in [0.717, 1.165) is 11.1 Å². The Labute approximate surface area is 135 Å². The molecule has 5 nitrogen and oxygen atoms in total. The molecule has 0 heterocycles. The lowest BCUT2D eigenvalue weighted by Gasteiger charge is -2.08. The molecule has 0 aliphatic carbocycles. The Kier molecular flexibility index (Phi) is 6.65. The average Bonchev–Trinajstić information content (AvgIpc) is 2.60. The molecule has 2 amide bonds. The van der Waals surface area contributed by atoms with Crippen LogP contribution in [0.5, 0.6) is 0 Å². The van der Waals surface area contributed by atoms with Crippen LogP contribution < -0.4 is 10.6 Å².